The number of carbonyl (C=O) groups is 1. The van der Waals surface area contributed by atoms with Crippen LogP contribution >= 0.6 is 22.7 Å². The summed E-state index contributed by atoms with van der Waals surface area (Å²) in [6, 6.07) is 7.60. The monoisotopic (exact) mass is 376 g/mol. The van der Waals surface area contributed by atoms with Crippen LogP contribution in [0.25, 0.3) is 10.6 Å². The zero-order valence-corrected chi connectivity index (χ0v) is 15.4. The molecule has 0 radical (unpaired) electrons. The van der Waals surface area contributed by atoms with Gasteiger partial charge in [0, 0.05) is 22.0 Å². The Balaban J connectivity index is 1.59. The van der Waals surface area contributed by atoms with Crippen molar-refractivity contribution >= 4 is 28.6 Å². The first-order chi connectivity index (χ1) is 12.1. The minimum atomic E-state index is -0.456. The fourth-order valence-corrected chi connectivity index (χ4v) is 3.71. The molecule has 2 aromatic heterocycles. The zero-order chi connectivity index (χ0) is 17.8. The van der Waals surface area contributed by atoms with E-state index in [9.17, 15) is 9.59 Å². The number of aromatic nitrogens is 2. The lowest BCUT2D eigenvalue weighted by atomic mass is 10.2. The molecule has 0 unspecified atom stereocenters. The van der Waals surface area contributed by atoms with E-state index < -0.39 is 5.97 Å². The molecule has 0 aliphatic heterocycles. The summed E-state index contributed by atoms with van der Waals surface area (Å²) in [5, 5.41) is 4.42. The number of nitrogens with zero attached hydrogens (tertiary/aromatic N) is 2. The van der Waals surface area contributed by atoms with E-state index in [0.717, 1.165) is 33.4 Å². The molecule has 8 heteroatoms. The highest BCUT2D eigenvalue weighted by Gasteiger charge is 2.11. The number of rotatable bonds is 6. The summed E-state index contributed by atoms with van der Waals surface area (Å²) in [5.41, 5.74) is 2.41. The van der Waals surface area contributed by atoms with Gasteiger partial charge in [0.1, 0.15) is 23.9 Å². The van der Waals surface area contributed by atoms with Crippen molar-refractivity contribution in [2.45, 2.75) is 20.1 Å². The van der Waals surface area contributed by atoms with Crippen molar-refractivity contribution in [1.29, 1.82) is 0 Å². The van der Waals surface area contributed by atoms with E-state index in [-0.39, 0.29) is 18.0 Å². The molecule has 0 amide bonds. The van der Waals surface area contributed by atoms with Crippen LogP contribution in [-0.4, -0.2) is 22.6 Å². The second-order valence-electron chi connectivity index (χ2n) is 5.26. The molecule has 0 spiro atoms. The van der Waals surface area contributed by atoms with Crippen LogP contribution in [0.15, 0.2) is 39.8 Å². The van der Waals surface area contributed by atoms with Gasteiger partial charge in [0.15, 0.2) is 0 Å². The van der Waals surface area contributed by atoms with Crippen molar-refractivity contribution in [2.75, 3.05) is 7.11 Å². The van der Waals surface area contributed by atoms with Gasteiger partial charge in [-0.1, -0.05) is 11.3 Å². The topological polar surface area (TPSA) is 70.4 Å². The third-order valence-corrected chi connectivity index (χ3v) is 5.35. The second kappa shape index (κ2) is 7.62. The largest absolute Gasteiger partial charge is 0.497 e. The molecular weight excluding hydrogens is 360 g/mol. The Kier molecular flexibility index (Phi) is 5.30. The fourth-order valence-electron chi connectivity index (χ4n) is 2.16. The maximum absolute atomic E-state index is 11.9. The van der Waals surface area contributed by atoms with Crippen molar-refractivity contribution in [1.82, 2.24) is 9.55 Å². The second-order valence-corrected chi connectivity index (χ2v) is 6.94. The van der Waals surface area contributed by atoms with Crippen molar-refractivity contribution in [3.63, 3.8) is 0 Å². The Morgan fingerprint density at radius 3 is 2.60 bits per heavy atom. The number of methoxy groups -OCH3 is 1. The number of benzene rings is 1. The lowest BCUT2D eigenvalue weighted by molar-refractivity contribution is -0.145. The van der Waals surface area contributed by atoms with E-state index in [0.29, 0.717) is 5.69 Å². The molecule has 0 atom stereocenters. The maximum Gasteiger partial charge on any atom is 0.326 e. The van der Waals surface area contributed by atoms with Crippen LogP contribution in [0.3, 0.4) is 0 Å². The first-order valence-electron chi connectivity index (χ1n) is 7.46. The lowest BCUT2D eigenvalue weighted by Crippen LogP contribution is -2.22. The number of carbonyl (C=O) groups excluding carboxylic acids is 1. The minimum Gasteiger partial charge on any atom is -0.497 e. The Hall–Kier alpha value is -2.45. The molecule has 0 N–H and O–H groups in total. The number of ether oxygens (including phenoxy) is 2. The van der Waals surface area contributed by atoms with Crippen molar-refractivity contribution < 1.29 is 14.3 Å². The summed E-state index contributed by atoms with van der Waals surface area (Å²) in [6.07, 6.45) is 0. The van der Waals surface area contributed by atoms with Crippen molar-refractivity contribution in [3.05, 3.63) is 56.1 Å². The predicted molar refractivity (Wildman–Crippen MR) is 97.2 cm³/mol. The third kappa shape index (κ3) is 4.15. The number of thiazole rings is 2. The molecule has 0 saturated heterocycles. The molecule has 25 heavy (non-hydrogen) atoms. The number of aryl methyl sites for hydroxylation is 1. The summed E-state index contributed by atoms with van der Waals surface area (Å²) in [6.45, 7) is 1.79. The average molecular weight is 376 g/mol. The van der Waals surface area contributed by atoms with E-state index in [4.69, 9.17) is 9.47 Å². The van der Waals surface area contributed by atoms with Gasteiger partial charge in [-0.25, -0.2) is 4.98 Å². The van der Waals surface area contributed by atoms with Crippen LogP contribution in [0, 0.1) is 6.92 Å². The third-order valence-electron chi connectivity index (χ3n) is 3.53. The Morgan fingerprint density at radius 2 is 1.96 bits per heavy atom. The van der Waals surface area contributed by atoms with Crippen LogP contribution in [0.1, 0.15) is 11.4 Å². The average Bonchev–Trinajstić information content (AvgIpc) is 3.22. The SMILES string of the molecule is COc1ccc(-c2nc(COC(=O)Cn3c(C)csc3=O)cs2)cc1. The van der Waals surface area contributed by atoms with Crippen molar-refractivity contribution in [2.24, 2.45) is 0 Å². The molecule has 2 heterocycles. The van der Waals surface area contributed by atoms with Crippen LogP contribution < -0.4 is 9.61 Å². The molecule has 1 aromatic carbocycles. The van der Waals surface area contributed by atoms with Crippen LogP contribution in [0.4, 0.5) is 0 Å². The van der Waals surface area contributed by atoms with E-state index in [1.165, 1.54) is 15.9 Å². The van der Waals surface area contributed by atoms with E-state index in [2.05, 4.69) is 4.98 Å². The van der Waals surface area contributed by atoms with Gasteiger partial charge < -0.3 is 9.47 Å². The quantitative estimate of drug-likeness (QED) is 0.618. The fraction of sp³-hybridized carbons (Fsp3) is 0.235. The number of esters is 1. The number of hydrogen-bond acceptors (Lipinski definition) is 7. The minimum absolute atomic E-state index is 0.0797. The summed E-state index contributed by atoms with van der Waals surface area (Å²) >= 11 is 2.55. The predicted octanol–water partition coefficient (Wildman–Crippen LogP) is 3.09. The molecule has 0 bridgehead atoms. The molecule has 0 fully saturated rings. The standard InChI is InChI=1S/C17H16N2O4S2/c1-11-9-25-17(21)19(11)7-15(20)23-8-13-10-24-16(18-13)12-3-5-14(22-2)6-4-12/h3-6,9-10H,7-8H2,1-2H3. The Labute approximate surface area is 152 Å². The van der Waals surface area contributed by atoms with Gasteiger partial charge in [-0.2, -0.15) is 0 Å². The van der Waals surface area contributed by atoms with E-state index in [1.54, 1.807) is 19.4 Å². The van der Waals surface area contributed by atoms with Crippen molar-refractivity contribution in [3.8, 4) is 16.3 Å². The molecule has 6 nitrogen and oxygen atoms in total. The summed E-state index contributed by atoms with van der Waals surface area (Å²) in [7, 11) is 1.62. The highest BCUT2D eigenvalue weighted by Crippen LogP contribution is 2.25. The first-order valence-corrected chi connectivity index (χ1v) is 9.22. The van der Waals surface area contributed by atoms with Gasteiger partial charge in [-0.15, -0.1) is 11.3 Å². The molecule has 3 rings (SSSR count). The highest BCUT2D eigenvalue weighted by molar-refractivity contribution is 7.13. The van der Waals surface area contributed by atoms with Crippen LogP contribution in [0.5, 0.6) is 5.75 Å². The highest BCUT2D eigenvalue weighted by atomic mass is 32.1. The van der Waals surface area contributed by atoms with Gasteiger partial charge in [0.05, 0.1) is 12.8 Å². The summed E-state index contributed by atoms with van der Waals surface area (Å²) in [4.78, 5) is 27.8. The Bertz CT molecular complexity index is 925. The van der Waals surface area contributed by atoms with Gasteiger partial charge >= 0.3 is 10.8 Å². The number of hydrogen-bond donors (Lipinski definition) is 0. The molecule has 0 saturated carbocycles. The smallest absolute Gasteiger partial charge is 0.326 e. The molecular formula is C17H16N2O4S2. The van der Waals surface area contributed by atoms with Gasteiger partial charge in [-0.05, 0) is 31.2 Å². The van der Waals surface area contributed by atoms with Crippen LogP contribution in [0.2, 0.25) is 0 Å². The molecule has 3 aromatic rings. The normalized spacial score (nSPS) is 10.6. The van der Waals surface area contributed by atoms with Gasteiger partial charge in [-0.3, -0.25) is 14.2 Å². The zero-order valence-electron chi connectivity index (χ0n) is 13.7. The summed E-state index contributed by atoms with van der Waals surface area (Å²) in [5.74, 6) is 0.330. The van der Waals surface area contributed by atoms with Gasteiger partial charge in [0.25, 0.3) is 0 Å². The van der Waals surface area contributed by atoms with E-state index >= 15 is 0 Å². The molecule has 130 valence electrons. The van der Waals surface area contributed by atoms with Crippen LogP contribution in [-0.2, 0) is 22.7 Å². The summed E-state index contributed by atoms with van der Waals surface area (Å²) < 4.78 is 11.8. The lowest BCUT2D eigenvalue weighted by Gasteiger charge is -2.05. The van der Waals surface area contributed by atoms with E-state index in [1.807, 2.05) is 29.6 Å². The molecule has 0 aliphatic rings. The molecule has 0 aliphatic carbocycles. The Morgan fingerprint density at radius 1 is 1.20 bits per heavy atom. The van der Waals surface area contributed by atoms with Gasteiger partial charge in [0.2, 0.25) is 0 Å². The maximum atomic E-state index is 11.9. The first kappa shape index (κ1) is 17.4.